The third kappa shape index (κ3) is 2.29. The summed E-state index contributed by atoms with van der Waals surface area (Å²) in [6.45, 7) is 9.51. The Kier molecular flexibility index (Phi) is 3.84. The summed E-state index contributed by atoms with van der Waals surface area (Å²) in [6.07, 6.45) is 11.8. The molecule has 1 aromatic carbocycles. The maximum absolute atomic E-state index is 6.07. The van der Waals surface area contributed by atoms with E-state index in [1.54, 1.807) is 11.1 Å². The molecule has 136 valence electrons. The lowest BCUT2D eigenvalue weighted by Crippen LogP contribution is -2.56. The maximum Gasteiger partial charge on any atom is 0.313 e. The predicted octanol–water partition coefficient (Wildman–Crippen LogP) is 3.96. The van der Waals surface area contributed by atoms with E-state index in [1.807, 2.05) is 0 Å². The minimum Gasteiger partial charge on any atom is -0.422 e. The van der Waals surface area contributed by atoms with Gasteiger partial charge in [-0.25, -0.2) is 0 Å². The first kappa shape index (κ1) is 16.9. The zero-order valence-corrected chi connectivity index (χ0v) is 18.8. The van der Waals surface area contributed by atoms with Gasteiger partial charge in [0, 0.05) is 11.0 Å². The second kappa shape index (κ2) is 5.89. The molecule has 1 aliphatic heterocycles. The molecule has 0 spiro atoms. The number of allylic oxidation sites excluding steroid dienone is 6. The molecule has 4 aliphatic rings. The summed E-state index contributed by atoms with van der Waals surface area (Å²) >= 11 is 0. The van der Waals surface area contributed by atoms with Crippen LogP contribution in [0, 0.1) is 11.8 Å². The van der Waals surface area contributed by atoms with E-state index in [2.05, 4.69) is 64.1 Å². The lowest BCUT2D eigenvalue weighted by atomic mass is 9.68. The van der Waals surface area contributed by atoms with E-state index in [1.165, 1.54) is 35.1 Å². The molecule has 3 aliphatic carbocycles. The molecular formula is C22H28O2Si2. The van der Waals surface area contributed by atoms with Crippen LogP contribution in [0.2, 0.25) is 0 Å². The highest BCUT2D eigenvalue weighted by Gasteiger charge is 2.49. The van der Waals surface area contributed by atoms with Crippen LogP contribution in [-0.2, 0) is 19.7 Å². The van der Waals surface area contributed by atoms with Crippen molar-refractivity contribution >= 4 is 24.9 Å². The van der Waals surface area contributed by atoms with Crippen LogP contribution in [0.15, 0.2) is 42.0 Å². The molecule has 0 N–H and O–H groups in total. The molecule has 0 amide bonds. The molecule has 1 heterocycles. The van der Waals surface area contributed by atoms with Crippen molar-refractivity contribution in [3.63, 3.8) is 0 Å². The normalized spacial score (nSPS) is 38.6. The second-order valence-corrected chi connectivity index (χ2v) is 13.8. The SMILES string of the molecule is CC1Cc2c(ccc3c2C(C)C=C2C3=CC=CC2C)C(C)([SiH]2O[SiH2]O2)C1. The van der Waals surface area contributed by atoms with E-state index in [0.717, 1.165) is 0 Å². The molecule has 1 aromatic rings. The molecule has 0 aromatic heterocycles. The Morgan fingerprint density at radius 2 is 1.96 bits per heavy atom. The molecular weight excluding hydrogens is 352 g/mol. The molecule has 2 nitrogen and oxygen atoms in total. The van der Waals surface area contributed by atoms with Crippen LogP contribution in [0.3, 0.4) is 0 Å². The smallest absolute Gasteiger partial charge is 0.313 e. The summed E-state index contributed by atoms with van der Waals surface area (Å²) in [5, 5.41) is 0.130. The van der Waals surface area contributed by atoms with Crippen molar-refractivity contribution in [2.24, 2.45) is 11.8 Å². The van der Waals surface area contributed by atoms with Gasteiger partial charge in [-0.15, -0.1) is 0 Å². The molecule has 5 rings (SSSR count). The molecule has 0 radical (unpaired) electrons. The van der Waals surface area contributed by atoms with Crippen molar-refractivity contribution in [3.05, 3.63) is 64.3 Å². The summed E-state index contributed by atoms with van der Waals surface area (Å²) in [7, 11) is -2.20. The van der Waals surface area contributed by atoms with E-state index in [-0.39, 0.29) is 5.04 Å². The highest BCUT2D eigenvalue weighted by Crippen LogP contribution is 2.50. The van der Waals surface area contributed by atoms with Crippen molar-refractivity contribution in [2.45, 2.75) is 51.5 Å². The van der Waals surface area contributed by atoms with Crippen LogP contribution < -0.4 is 0 Å². The van der Waals surface area contributed by atoms with Crippen LogP contribution in [0.1, 0.15) is 62.3 Å². The molecule has 4 heteroatoms. The number of hydrogen-bond acceptors (Lipinski definition) is 2. The summed E-state index contributed by atoms with van der Waals surface area (Å²) in [6, 6.07) is 4.81. The summed E-state index contributed by atoms with van der Waals surface area (Å²) < 4.78 is 12.1. The van der Waals surface area contributed by atoms with Gasteiger partial charge in [0.05, 0.1) is 0 Å². The summed E-state index contributed by atoms with van der Waals surface area (Å²) in [5.74, 6) is 1.69. The van der Waals surface area contributed by atoms with E-state index in [4.69, 9.17) is 8.23 Å². The van der Waals surface area contributed by atoms with Crippen LogP contribution in [0.4, 0.5) is 0 Å². The zero-order chi connectivity index (χ0) is 18.1. The number of fused-ring (bicyclic) bond motifs is 5. The Bertz CT molecular complexity index is 865. The molecule has 1 fully saturated rings. The number of rotatable bonds is 1. The second-order valence-electron chi connectivity index (χ2n) is 8.93. The minimum absolute atomic E-state index is 0.130. The lowest BCUT2D eigenvalue weighted by molar-refractivity contribution is 0.247. The highest BCUT2D eigenvalue weighted by atomic mass is 28.4. The van der Waals surface area contributed by atoms with Crippen molar-refractivity contribution in [1.29, 1.82) is 0 Å². The fourth-order valence-corrected chi connectivity index (χ4v) is 10.9. The van der Waals surface area contributed by atoms with Gasteiger partial charge in [0.15, 0.2) is 0 Å². The molecule has 26 heavy (non-hydrogen) atoms. The average Bonchev–Trinajstić information content (AvgIpc) is 2.53. The van der Waals surface area contributed by atoms with Crippen molar-refractivity contribution < 1.29 is 8.23 Å². The predicted molar refractivity (Wildman–Crippen MR) is 112 cm³/mol. The summed E-state index contributed by atoms with van der Waals surface area (Å²) in [5.41, 5.74) is 9.12. The first-order valence-electron chi connectivity index (χ1n) is 9.99. The monoisotopic (exact) mass is 380 g/mol. The van der Waals surface area contributed by atoms with Gasteiger partial charge >= 0.3 is 9.28 Å². The quantitative estimate of drug-likeness (QED) is 0.687. The maximum atomic E-state index is 6.07. The largest absolute Gasteiger partial charge is 0.422 e. The van der Waals surface area contributed by atoms with Gasteiger partial charge in [-0.1, -0.05) is 64.1 Å². The number of hydrogen-bond donors (Lipinski definition) is 0. The first-order valence-corrected chi connectivity index (χ1v) is 12.7. The average molecular weight is 381 g/mol. The van der Waals surface area contributed by atoms with Gasteiger partial charge in [-0.3, -0.25) is 0 Å². The third-order valence-electron chi connectivity index (χ3n) is 6.90. The van der Waals surface area contributed by atoms with Gasteiger partial charge in [0.2, 0.25) is 0 Å². The molecule has 0 saturated carbocycles. The lowest BCUT2D eigenvalue weighted by Gasteiger charge is -2.47. The van der Waals surface area contributed by atoms with E-state index in [0.29, 0.717) is 17.8 Å². The Hall–Kier alpha value is -1.21. The third-order valence-corrected chi connectivity index (χ3v) is 12.0. The Balaban J connectivity index is 1.71. The van der Waals surface area contributed by atoms with Crippen LogP contribution in [0.5, 0.6) is 0 Å². The molecule has 4 unspecified atom stereocenters. The first-order chi connectivity index (χ1) is 12.5. The van der Waals surface area contributed by atoms with Crippen molar-refractivity contribution in [1.82, 2.24) is 0 Å². The molecule has 4 atom stereocenters. The minimum atomic E-state index is -1.55. The Labute approximate surface area is 160 Å². The molecule has 0 bridgehead atoms. The van der Waals surface area contributed by atoms with Crippen LogP contribution in [-0.4, -0.2) is 19.3 Å². The van der Waals surface area contributed by atoms with E-state index >= 15 is 0 Å². The Morgan fingerprint density at radius 1 is 1.15 bits per heavy atom. The topological polar surface area (TPSA) is 18.5 Å². The van der Waals surface area contributed by atoms with Gasteiger partial charge in [0.1, 0.15) is 0 Å². The van der Waals surface area contributed by atoms with Crippen LogP contribution >= 0.6 is 0 Å². The summed E-state index contributed by atoms with van der Waals surface area (Å²) in [4.78, 5) is 0. The van der Waals surface area contributed by atoms with Gasteiger partial charge in [-0.2, -0.15) is 0 Å². The van der Waals surface area contributed by atoms with Crippen molar-refractivity contribution in [3.8, 4) is 0 Å². The fourth-order valence-electron chi connectivity index (χ4n) is 5.76. The molecule has 1 saturated heterocycles. The standard InChI is InChI=1S/C22H28O2Si2/c1-13-10-19-20(22(4,12-13)26-23-25-24-26)9-8-17-16-7-5-6-14(2)18(16)11-15(3)21(17)19/h5-9,11,13-15,26H,10,12,25H2,1-4H3. The van der Waals surface area contributed by atoms with Crippen molar-refractivity contribution in [2.75, 3.05) is 0 Å². The van der Waals surface area contributed by atoms with Gasteiger partial charge < -0.3 is 8.23 Å². The van der Waals surface area contributed by atoms with E-state index in [9.17, 15) is 0 Å². The Morgan fingerprint density at radius 3 is 2.69 bits per heavy atom. The van der Waals surface area contributed by atoms with Gasteiger partial charge in [0.25, 0.3) is 10.0 Å². The van der Waals surface area contributed by atoms with Gasteiger partial charge in [-0.05, 0) is 58.1 Å². The zero-order valence-electron chi connectivity index (χ0n) is 16.2. The van der Waals surface area contributed by atoms with E-state index < -0.39 is 19.3 Å². The number of benzene rings is 1. The van der Waals surface area contributed by atoms with Crippen LogP contribution in [0.25, 0.3) is 5.57 Å². The highest BCUT2D eigenvalue weighted by molar-refractivity contribution is 6.66. The fraction of sp³-hybridized carbons (Fsp3) is 0.455.